The van der Waals surface area contributed by atoms with E-state index in [4.69, 9.17) is 5.73 Å². The summed E-state index contributed by atoms with van der Waals surface area (Å²) in [6.07, 6.45) is -1.89. The number of aryl methyl sites for hydroxylation is 1. The lowest BCUT2D eigenvalue weighted by Crippen LogP contribution is -2.24. The Hall–Kier alpha value is -4.10. The van der Waals surface area contributed by atoms with Gasteiger partial charge >= 0.3 is 12.4 Å². The number of nitrogens with zero attached hydrogens (tertiary/aromatic N) is 4. The predicted molar refractivity (Wildman–Crippen MR) is 124 cm³/mol. The first-order valence-electron chi connectivity index (χ1n) is 11.0. The number of alkyl halides is 6. The minimum absolute atomic E-state index is 0.0865. The Balaban J connectivity index is 0.000000266. The normalized spacial score (nSPS) is 11.9. The minimum Gasteiger partial charge on any atom is -0.397 e. The Morgan fingerprint density at radius 1 is 1.00 bits per heavy atom. The lowest BCUT2D eigenvalue weighted by atomic mass is 10.1. The van der Waals surface area contributed by atoms with E-state index < -0.39 is 34.7 Å². The van der Waals surface area contributed by atoms with Crippen molar-refractivity contribution in [3.05, 3.63) is 80.9 Å². The topological polar surface area (TPSA) is 112 Å². The molecule has 3 N–H and O–H groups in total. The lowest BCUT2D eigenvalue weighted by molar-refractivity contribution is -0.138. The van der Waals surface area contributed by atoms with Crippen LogP contribution in [-0.4, -0.2) is 24.5 Å². The van der Waals surface area contributed by atoms with Crippen LogP contribution in [0.1, 0.15) is 37.3 Å². The van der Waals surface area contributed by atoms with Crippen LogP contribution in [-0.2, 0) is 18.9 Å². The van der Waals surface area contributed by atoms with E-state index in [9.17, 15) is 35.9 Å². The maximum absolute atomic E-state index is 12.7. The maximum atomic E-state index is 12.7. The van der Waals surface area contributed by atoms with E-state index >= 15 is 0 Å². The molecule has 0 spiro atoms. The number of benzene rings is 1. The molecule has 0 unspecified atom stereocenters. The van der Waals surface area contributed by atoms with Gasteiger partial charge in [-0.2, -0.15) is 36.5 Å². The molecule has 0 saturated heterocycles. The fourth-order valence-corrected chi connectivity index (χ4v) is 3.44. The quantitative estimate of drug-likeness (QED) is 0.287. The van der Waals surface area contributed by atoms with Gasteiger partial charge in [0.2, 0.25) is 0 Å². The van der Waals surface area contributed by atoms with Crippen LogP contribution in [0, 0.1) is 0 Å². The van der Waals surface area contributed by atoms with Gasteiger partial charge in [-0.1, -0.05) is 19.8 Å². The molecule has 37 heavy (non-hydrogen) atoms. The SMILES string of the molecule is CCCCCn1ccc2cc(-n3cc(C(F)(F)F)cn3)ccc2c1=O.Nc1cn[nH]c(=O)c1C(F)(F)F. The molecule has 4 rings (SSSR count). The van der Waals surface area contributed by atoms with Gasteiger partial charge in [0.05, 0.1) is 29.3 Å². The van der Waals surface area contributed by atoms with Crippen LogP contribution in [0.15, 0.2) is 58.6 Å². The second-order valence-corrected chi connectivity index (χ2v) is 7.99. The van der Waals surface area contributed by atoms with E-state index in [1.165, 1.54) is 0 Å². The van der Waals surface area contributed by atoms with Crippen molar-refractivity contribution in [2.24, 2.45) is 0 Å². The number of halogens is 6. The van der Waals surface area contributed by atoms with Crippen molar-refractivity contribution in [1.29, 1.82) is 0 Å². The Kier molecular flexibility index (Phi) is 8.09. The van der Waals surface area contributed by atoms with E-state index in [0.717, 1.165) is 42.5 Å². The van der Waals surface area contributed by atoms with Gasteiger partial charge in [-0.15, -0.1) is 0 Å². The molecule has 4 aromatic rings. The molecule has 0 radical (unpaired) electrons. The highest BCUT2D eigenvalue weighted by Crippen LogP contribution is 2.30. The third kappa shape index (κ3) is 6.57. The zero-order valence-electron chi connectivity index (χ0n) is 19.4. The number of pyridine rings is 1. The third-order valence-corrected chi connectivity index (χ3v) is 5.31. The molecule has 3 heterocycles. The number of aromatic nitrogens is 5. The summed E-state index contributed by atoms with van der Waals surface area (Å²) < 4.78 is 76.9. The monoisotopic (exact) mass is 528 g/mol. The van der Waals surface area contributed by atoms with Crippen molar-refractivity contribution in [2.45, 2.75) is 45.1 Å². The number of fused-ring (bicyclic) bond motifs is 1. The van der Waals surface area contributed by atoms with Crippen molar-refractivity contribution >= 4 is 16.5 Å². The number of nitrogens with two attached hydrogens (primary N) is 1. The number of hydrogen-bond donors (Lipinski definition) is 2. The highest BCUT2D eigenvalue weighted by molar-refractivity contribution is 5.83. The second-order valence-electron chi connectivity index (χ2n) is 7.99. The van der Waals surface area contributed by atoms with Gasteiger partial charge < -0.3 is 10.3 Å². The summed E-state index contributed by atoms with van der Waals surface area (Å²) >= 11 is 0. The second kappa shape index (κ2) is 10.9. The molecule has 0 saturated carbocycles. The number of H-pyrrole nitrogens is 1. The van der Waals surface area contributed by atoms with Crippen molar-refractivity contribution in [2.75, 3.05) is 5.73 Å². The molecule has 8 nitrogen and oxygen atoms in total. The first kappa shape index (κ1) is 27.5. The van der Waals surface area contributed by atoms with Gasteiger partial charge in [0.25, 0.3) is 11.1 Å². The molecule has 0 aliphatic heterocycles. The molecule has 3 aromatic heterocycles. The largest absolute Gasteiger partial charge is 0.423 e. The Labute approximate surface area is 205 Å². The average molecular weight is 528 g/mol. The van der Waals surface area contributed by atoms with Gasteiger partial charge in [-0.3, -0.25) is 9.59 Å². The van der Waals surface area contributed by atoms with Crippen molar-refractivity contribution in [3.63, 3.8) is 0 Å². The summed E-state index contributed by atoms with van der Waals surface area (Å²) in [7, 11) is 0. The average Bonchev–Trinajstić information content (AvgIpc) is 3.31. The Bertz CT molecular complexity index is 1490. The molecule has 14 heteroatoms. The number of rotatable bonds is 5. The smallest absolute Gasteiger partial charge is 0.397 e. The molecule has 0 atom stereocenters. The maximum Gasteiger partial charge on any atom is 0.423 e. The summed E-state index contributed by atoms with van der Waals surface area (Å²) in [5.74, 6) is 0. The lowest BCUT2D eigenvalue weighted by Gasteiger charge is -2.08. The summed E-state index contributed by atoms with van der Waals surface area (Å²) in [5.41, 5.74) is 1.08. The number of hydrogen-bond acceptors (Lipinski definition) is 5. The highest BCUT2D eigenvalue weighted by Gasteiger charge is 2.36. The summed E-state index contributed by atoms with van der Waals surface area (Å²) in [4.78, 5) is 23.1. The van der Waals surface area contributed by atoms with Gasteiger partial charge in [0.15, 0.2) is 0 Å². The van der Waals surface area contributed by atoms with Gasteiger partial charge in [-0.05, 0) is 36.1 Å². The third-order valence-electron chi connectivity index (χ3n) is 5.31. The molecular weight excluding hydrogens is 506 g/mol. The first-order valence-corrected chi connectivity index (χ1v) is 11.0. The fourth-order valence-electron chi connectivity index (χ4n) is 3.44. The Morgan fingerprint density at radius 3 is 2.30 bits per heavy atom. The molecule has 0 amide bonds. The summed E-state index contributed by atoms with van der Waals surface area (Å²) in [6.45, 7) is 2.77. The van der Waals surface area contributed by atoms with Crippen molar-refractivity contribution in [3.8, 4) is 5.69 Å². The molecule has 198 valence electrons. The first-order chi connectivity index (χ1) is 17.3. The van der Waals surface area contributed by atoms with Crippen LogP contribution in [0.25, 0.3) is 16.5 Å². The highest BCUT2D eigenvalue weighted by atomic mass is 19.4. The molecule has 0 aliphatic rings. The van der Waals surface area contributed by atoms with Crippen LogP contribution < -0.4 is 16.9 Å². The van der Waals surface area contributed by atoms with Crippen LogP contribution >= 0.6 is 0 Å². The van der Waals surface area contributed by atoms with Crippen LogP contribution in [0.3, 0.4) is 0 Å². The van der Waals surface area contributed by atoms with Crippen LogP contribution in [0.5, 0.6) is 0 Å². The van der Waals surface area contributed by atoms with E-state index in [1.54, 1.807) is 40.1 Å². The van der Waals surface area contributed by atoms with Gasteiger partial charge in [-0.25, -0.2) is 9.78 Å². The standard InChI is InChI=1S/C18H18F3N3O.C5H4F3N3O/c1-2-3-4-8-23-9-7-13-10-15(5-6-16(13)17(23)25)24-12-14(11-22-24)18(19,20)21;6-5(7,8)3-2(9)1-10-11-4(3)12/h5-7,9-12H,2-4,8H2,1H3;1H,(H3,9,11,12). The molecular formula is C23H22F6N6O2. The number of aromatic amines is 1. The molecule has 0 bridgehead atoms. The van der Waals surface area contributed by atoms with E-state index in [0.29, 0.717) is 23.0 Å². The van der Waals surface area contributed by atoms with Crippen molar-refractivity contribution < 1.29 is 26.3 Å². The van der Waals surface area contributed by atoms with Crippen LogP contribution in [0.4, 0.5) is 32.0 Å². The van der Waals surface area contributed by atoms with E-state index in [-0.39, 0.29) is 5.56 Å². The predicted octanol–water partition coefficient (Wildman–Crippen LogP) is 4.77. The van der Waals surface area contributed by atoms with E-state index in [2.05, 4.69) is 17.1 Å². The summed E-state index contributed by atoms with van der Waals surface area (Å²) in [5, 5.41) is 9.73. The fraction of sp³-hybridized carbons (Fsp3) is 0.304. The zero-order valence-corrected chi connectivity index (χ0v) is 19.4. The summed E-state index contributed by atoms with van der Waals surface area (Å²) in [6, 6.07) is 6.71. The number of nitrogen functional groups attached to an aromatic ring is 1. The van der Waals surface area contributed by atoms with Crippen LogP contribution in [0.2, 0.25) is 0 Å². The Morgan fingerprint density at radius 2 is 1.73 bits per heavy atom. The number of nitrogens with one attached hydrogen (secondary N) is 1. The van der Waals surface area contributed by atoms with Crippen molar-refractivity contribution in [1.82, 2.24) is 24.5 Å². The molecule has 0 fully saturated rings. The van der Waals surface area contributed by atoms with Gasteiger partial charge in [0, 0.05) is 24.3 Å². The number of unbranched alkanes of at least 4 members (excludes halogenated alkanes) is 2. The molecule has 0 aliphatic carbocycles. The zero-order chi connectivity index (χ0) is 27.4. The minimum atomic E-state index is -4.74. The van der Waals surface area contributed by atoms with Gasteiger partial charge in [0.1, 0.15) is 5.56 Å². The number of anilines is 1. The van der Waals surface area contributed by atoms with E-state index in [1.807, 2.05) is 0 Å². The molecule has 1 aromatic carbocycles.